The van der Waals surface area contributed by atoms with E-state index < -0.39 is 0 Å². The van der Waals surface area contributed by atoms with Crippen LogP contribution in [0.1, 0.15) is 46.0 Å². The lowest BCUT2D eigenvalue weighted by molar-refractivity contribution is -0.114. The highest BCUT2D eigenvalue weighted by atomic mass is 79.9. The number of carbonyl (C=O) groups is 1. The van der Waals surface area contributed by atoms with Gasteiger partial charge in [0.1, 0.15) is 6.29 Å². The van der Waals surface area contributed by atoms with Crippen LogP contribution in [0, 0.1) is 29.1 Å². The van der Waals surface area contributed by atoms with Gasteiger partial charge in [0.05, 0.1) is 0 Å². The second-order valence-electron chi connectivity index (χ2n) is 6.10. The summed E-state index contributed by atoms with van der Waals surface area (Å²) in [6, 6.07) is 0. The molecular weight excluding hydrogens is 264 g/mol. The number of halogens is 1. The minimum absolute atomic E-state index is 0.254. The summed E-state index contributed by atoms with van der Waals surface area (Å²) in [5.74, 6) is 2.59. The SMILES string of the molecule is C[C@H](C=O)C1CCC2C(CBr)CCCC21C. The van der Waals surface area contributed by atoms with Gasteiger partial charge in [-0.25, -0.2) is 0 Å². The van der Waals surface area contributed by atoms with Crippen molar-refractivity contribution in [3.05, 3.63) is 0 Å². The Bertz CT molecular complexity index is 265. The van der Waals surface area contributed by atoms with E-state index in [1.165, 1.54) is 38.4 Å². The Labute approximate surface area is 108 Å². The van der Waals surface area contributed by atoms with Gasteiger partial charge in [0, 0.05) is 11.2 Å². The van der Waals surface area contributed by atoms with Crippen molar-refractivity contribution in [1.82, 2.24) is 0 Å². The summed E-state index contributed by atoms with van der Waals surface area (Å²) in [4.78, 5) is 11.1. The van der Waals surface area contributed by atoms with Gasteiger partial charge in [0.2, 0.25) is 0 Å². The van der Waals surface area contributed by atoms with E-state index in [2.05, 4.69) is 29.8 Å². The summed E-state index contributed by atoms with van der Waals surface area (Å²) in [5.41, 5.74) is 0.441. The third-order valence-electron chi connectivity index (χ3n) is 5.39. The van der Waals surface area contributed by atoms with Crippen LogP contribution in [-0.4, -0.2) is 11.6 Å². The van der Waals surface area contributed by atoms with Crippen LogP contribution in [0.5, 0.6) is 0 Å². The molecule has 16 heavy (non-hydrogen) atoms. The topological polar surface area (TPSA) is 17.1 Å². The quantitative estimate of drug-likeness (QED) is 0.565. The largest absolute Gasteiger partial charge is 0.303 e. The van der Waals surface area contributed by atoms with Gasteiger partial charge >= 0.3 is 0 Å². The molecule has 0 N–H and O–H groups in total. The third-order valence-corrected chi connectivity index (χ3v) is 6.22. The number of alkyl halides is 1. The number of rotatable bonds is 3. The van der Waals surface area contributed by atoms with Crippen LogP contribution >= 0.6 is 15.9 Å². The van der Waals surface area contributed by atoms with Crippen molar-refractivity contribution in [2.45, 2.75) is 46.0 Å². The predicted octanol–water partition coefficient (Wildman–Crippen LogP) is 4.05. The molecule has 1 nitrogen and oxygen atoms in total. The Morgan fingerprint density at radius 3 is 2.81 bits per heavy atom. The van der Waals surface area contributed by atoms with Crippen LogP contribution in [0.4, 0.5) is 0 Å². The molecule has 0 aromatic heterocycles. The zero-order valence-electron chi connectivity index (χ0n) is 10.4. The summed E-state index contributed by atoms with van der Waals surface area (Å²) in [7, 11) is 0. The van der Waals surface area contributed by atoms with Gasteiger partial charge < -0.3 is 4.79 Å². The lowest BCUT2D eigenvalue weighted by Crippen LogP contribution is -2.39. The predicted molar refractivity (Wildman–Crippen MR) is 70.7 cm³/mol. The molecule has 0 amide bonds. The number of aldehydes is 1. The number of hydrogen-bond acceptors (Lipinski definition) is 1. The maximum atomic E-state index is 11.1. The second-order valence-corrected chi connectivity index (χ2v) is 6.75. The molecule has 0 heterocycles. The molecule has 2 saturated carbocycles. The van der Waals surface area contributed by atoms with E-state index in [1.807, 2.05) is 0 Å². The maximum absolute atomic E-state index is 11.1. The molecule has 0 aromatic carbocycles. The summed E-state index contributed by atoms with van der Waals surface area (Å²) in [6.07, 6.45) is 7.86. The fourth-order valence-electron chi connectivity index (χ4n) is 4.53. The van der Waals surface area contributed by atoms with E-state index in [1.54, 1.807) is 0 Å². The minimum Gasteiger partial charge on any atom is -0.303 e. The third kappa shape index (κ3) is 1.87. The van der Waals surface area contributed by atoms with E-state index in [-0.39, 0.29) is 5.92 Å². The average molecular weight is 287 g/mol. The van der Waals surface area contributed by atoms with Crippen LogP contribution in [0.2, 0.25) is 0 Å². The first-order chi connectivity index (χ1) is 7.63. The van der Waals surface area contributed by atoms with Gasteiger partial charge in [-0.15, -0.1) is 0 Å². The van der Waals surface area contributed by atoms with Crippen LogP contribution < -0.4 is 0 Å². The fraction of sp³-hybridized carbons (Fsp3) is 0.929. The molecule has 92 valence electrons. The molecule has 2 rings (SSSR count). The van der Waals surface area contributed by atoms with Gasteiger partial charge in [-0.3, -0.25) is 0 Å². The lowest BCUT2D eigenvalue weighted by atomic mass is 9.60. The van der Waals surface area contributed by atoms with E-state index in [0.717, 1.165) is 17.2 Å². The van der Waals surface area contributed by atoms with Crippen molar-refractivity contribution >= 4 is 22.2 Å². The molecule has 0 saturated heterocycles. The van der Waals surface area contributed by atoms with Crippen molar-refractivity contribution in [3.63, 3.8) is 0 Å². The van der Waals surface area contributed by atoms with Crippen LogP contribution in [0.15, 0.2) is 0 Å². The molecule has 2 fully saturated rings. The van der Waals surface area contributed by atoms with Gasteiger partial charge in [-0.2, -0.15) is 0 Å². The smallest absolute Gasteiger partial charge is 0.123 e. The first kappa shape index (κ1) is 12.6. The average Bonchev–Trinajstić information content (AvgIpc) is 2.64. The molecule has 0 aliphatic heterocycles. The number of fused-ring (bicyclic) bond motifs is 1. The van der Waals surface area contributed by atoms with E-state index in [4.69, 9.17) is 0 Å². The fourth-order valence-corrected chi connectivity index (χ4v) is 5.30. The molecule has 2 heteroatoms. The molecule has 0 bridgehead atoms. The minimum atomic E-state index is 0.254. The van der Waals surface area contributed by atoms with Crippen molar-refractivity contribution in [2.75, 3.05) is 5.33 Å². The zero-order chi connectivity index (χ0) is 11.8. The number of carbonyl (C=O) groups excluding carboxylic acids is 1. The highest BCUT2D eigenvalue weighted by Gasteiger charge is 2.51. The van der Waals surface area contributed by atoms with Crippen molar-refractivity contribution in [3.8, 4) is 0 Å². The molecule has 2 aliphatic rings. The Hall–Kier alpha value is 0.150. The monoisotopic (exact) mass is 286 g/mol. The van der Waals surface area contributed by atoms with Gasteiger partial charge in [-0.05, 0) is 48.9 Å². The van der Waals surface area contributed by atoms with Crippen LogP contribution in [-0.2, 0) is 4.79 Å². The standard InChI is InChI=1S/C14H23BrO/c1-10(9-16)12-5-6-13-11(8-15)4-3-7-14(12,13)2/h9-13H,3-8H2,1-2H3/t10-,11?,12?,13?,14?/m1/s1. The summed E-state index contributed by atoms with van der Waals surface area (Å²) >= 11 is 3.68. The highest BCUT2D eigenvalue weighted by molar-refractivity contribution is 9.09. The molecule has 2 aliphatic carbocycles. The molecule has 0 spiro atoms. The molecule has 5 atom stereocenters. The van der Waals surface area contributed by atoms with Crippen LogP contribution in [0.3, 0.4) is 0 Å². The van der Waals surface area contributed by atoms with E-state index >= 15 is 0 Å². The first-order valence-electron chi connectivity index (χ1n) is 6.64. The lowest BCUT2D eigenvalue weighted by Gasteiger charge is -2.45. The Morgan fingerprint density at radius 1 is 1.44 bits per heavy atom. The normalized spacial score (nSPS) is 45.1. The molecular formula is C14H23BrO. The Balaban J connectivity index is 2.20. The van der Waals surface area contributed by atoms with E-state index in [0.29, 0.717) is 11.3 Å². The van der Waals surface area contributed by atoms with Crippen molar-refractivity contribution in [2.24, 2.45) is 29.1 Å². The number of hydrogen-bond donors (Lipinski definition) is 0. The van der Waals surface area contributed by atoms with Crippen molar-refractivity contribution < 1.29 is 4.79 Å². The molecule has 0 radical (unpaired) electrons. The van der Waals surface area contributed by atoms with Crippen molar-refractivity contribution in [1.29, 1.82) is 0 Å². The zero-order valence-corrected chi connectivity index (χ0v) is 12.0. The van der Waals surface area contributed by atoms with Gasteiger partial charge in [0.15, 0.2) is 0 Å². The maximum Gasteiger partial charge on any atom is 0.123 e. The second kappa shape index (κ2) is 4.80. The summed E-state index contributed by atoms with van der Waals surface area (Å²) < 4.78 is 0. The van der Waals surface area contributed by atoms with Crippen LogP contribution in [0.25, 0.3) is 0 Å². The molecule has 4 unspecified atom stereocenters. The molecule has 0 aromatic rings. The van der Waals surface area contributed by atoms with Gasteiger partial charge in [-0.1, -0.05) is 36.2 Å². The first-order valence-corrected chi connectivity index (χ1v) is 7.77. The highest BCUT2D eigenvalue weighted by Crippen LogP contribution is 2.59. The summed E-state index contributed by atoms with van der Waals surface area (Å²) in [6.45, 7) is 4.56. The Kier molecular flexibility index (Phi) is 3.78. The van der Waals surface area contributed by atoms with Gasteiger partial charge in [0.25, 0.3) is 0 Å². The summed E-state index contributed by atoms with van der Waals surface area (Å²) in [5, 5.41) is 1.15. The van der Waals surface area contributed by atoms with E-state index in [9.17, 15) is 4.79 Å². The Morgan fingerprint density at radius 2 is 2.19 bits per heavy atom.